The minimum atomic E-state index is -5.00. The fourth-order valence-corrected chi connectivity index (χ4v) is 4.09. The Morgan fingerprint density at radius 1 is 1.46 bits per heavy atom. The van der Waals surface area contributed by atoms with Crippen LogP contribution in [0.2, 0.25) is 0 Å². The van der Waals surface area contributed by atoms with Crippen molar-refractivity contribution in [2.75, 3.05) is 25.4 Å². The van der Waals surface area contributed by atoms with Crippen molar-refractivity contribution in [3.63, 3.8) is 0 Å². The molecule has 2 amide bonds. The van der Waals surface area contributed by atoms with Crippen LogP contribution in [0.5, 0.6) is 0 Å². The first-order valence-corrected chi connectivity index (χ1v) is 12.2. The minimum Gasteiger partial charge on any atom is -0.478 e. The maximum atomic E-state index is 13.1. The zero-order valence-electron chi connectivity index (χ0n) is 19.0. The third-order valence-electron chi connectivity index (χ3n) is 4.87. The van der Waals surface area contributed by atoms with Crippen molar-refractivity contribution in [2.24, 2.45) is 15.9 Å². The molecule has 1 aliphatic heterocycles. The van der Waals surface area contributed by atoms with E-state index >= 15 is 0 Å². The average Bonchev–Trinajstić information content (AvgIpc) is 3.34. The molecule has 2 unspecified atom stereocenters. The fourth-order valence-electron chi connectivity index (χ4n) is 2.84. The van der Waals surface area contributed by atoms with Crippen LogP contribution in [0.15, 0.2) is 15.5 Å². The first kappa shape index (κ1) is 27.7. The molecule has 0 saturated heterocycles. The SMILES string of the molecule is CC(NC(=O)/C(=N\OC(C)(C)C(=O)O)c1csc(N)n1)C(CN1CCN=C1N)N(C=O)S(=O)(=O)O. The molecule has 1 aliphatic rings. The number of nitrogens with two attached hydrogens (primary N) is 2. The number of carbonyl (C=O) groups is 3. The summed E-state index contributed by atoms with van der Waals surface area (Å²) in [6.45, 7) is 4.25. The van der Waals surface area contributed by atoms with Crippen LogP contribution in [0.4, 0.5) is 5.13 Å². The summed E-state index contributed by atoms with van der Waals surface area (Å²) in [4.78, 5) is 50.4. The molecule has 16 nitrogen and oxygen atoms in total. The van der Waals surface area contributed by atoms with Crippen LogP contribution >= 0.6 is 11.3 Å². The molecule has 0 bridgehead atoms. The van der Waals surface area contributed by atoms with Gasteiger partial charge >= 0.3 is 16.3 Å². The molecule has 2 heterocycles. The van der Waals surface area contributed by atoms with Gasteiger partial charge in [-0.05, 0) is 20.8 Å². The zero-order chi connectivity index (χ0) is 26.6. The first-order valence-electron chi connectivity index (χ1n) is 9.95. The van der Waals surface area contributed by atoms with E-state index < -0.39 is 45.6 Å². The molecule has 1 aromatic rings. The standard InChI is InChI=1S/C17H26N8O8S2/c1-9(11(25(8-26)35(30,31)32)6-24-5-4-20-15(24)18)21-13(27)12(10-7-34-16(19)22-10)23-33-17(2,3)14(28)29/h7-9,11H,4-6H2,1-3H3,(H2,18,20)(H2,19,22)(H,21,27)(H,28,29)(H,30,31,32)/b23-12-. The normalized spacial score (nSPS) is 16.3. The smallest absolute Gasteiger partial charge is 0.362 e. The number of aliphatic imine (C=N–C) groups is 1. The highest BCUT2D eigenvalue weighted by Gasteiger charge is 2.36. The number of nitrogens with one attached hydrogen (secondary N) is 1. The highest BCUT2D eigenvalue weighted by atomic mass is 32.2. The van der Waals surface area contributed by atoms with Gasteiger partial charge in [0.15, 0.2) is 16.8 Å². The summed E-state index contributed by atoms with van der Waals surface area (Å²) in [5.41, 5.74) is 9.11. The second kappa shape index (κ2) is 10.8. The molecule has 18 heteroatoms. The van der Waals surface area contributed by atoms with E-state index in [1.807, 2.05) is 0 Å². The maximum absolute atomic E-state index is 13.1. The molecule has 0 aromatic carbocycles. The molecule has 194 valence electrons. The summed E-state index contributed by atoms with van der Waals surface area (Å²) in [6.07, 6.45) is -0.0965. The molecule has 0 aliphatic carbocycles. The Bertz CT molecular complexity index is 1130. The Morgan fingerprint density at radius 2 is 2.11 bits per heavy atom. The highest BCUT2D eigenvalue weighted by molar-refractivity contribution is 7.83. The number of carbonyl (C=O) groups excluding carboxylic acids is 2. The van der Waals surface area contributed by atoms with Crippen LogP contribution in [-0.2, 0) is 29.5 Å². The summed E-state index contributed by atoms with van der Waals surface area (Å²) < 4.78 is 33.3. The molecule has 0 radical (unpaired) electrons. The van der Waals surface area contributed by atoms with E-state index in [2.05, 4.69) is 20.4 Å². The van der Waals surface area contributed by atoms with Gasteiger partial charge in [0.05, 0.1) is 12.6 Å². The Hall–Kier alpha value is -3.51. The number of hydrogen-bond acceptors (Lipinski definition) is 13. The van der Waals surface area contributed by atoms with Crippen molar-refractivity contribution in [2.45, 2.75) is 38.5 Å². The summed E-state index contributed by atoms with van der Waals surface area (Å²) in [6, 6.07) is -2.44. The van der Waals surface area contributed by atoms with Gasteiger partial charge in [0, 0.05) is 24.5 Å². The summed E-state index contributed by atoms with van der Waals surface area (Å²) in [7, 11) is -5.00. The van der Waals surface area contributed by atoms with Gasteiger partial charge in [0.1, 0.15) is 5.69 Å². The molecule has 35 heavy (non-hydrogen) atoms. The first-order chi connectivity index (χ1) is 16.2. The van der Waals surface area contributed by atoms with E-state index in [1.165, 1.54) is 31.1 Å². The number of aliphatic carboxylic acids is 1. The number of guanidine groups is 1. The molecular weight excluding hydrogens is 508 g/mol. The Morgan fingerprint density at radius 3 is 2.57 bits per heavy atom. The van der Waals surface area contributed by atoms with Crippen LogP contribution < -0.4 is 16.8 Å². The molecule has 0 saturated carbocycles. The van der Waals surface area contributed by atoms with Crippen LogP contribution in [0, 0.1) is 0 Å². The van der Waals surface area contributed by atoms with Crippen LogP contribution in [0.25, 0.3) is 0 Å². The number of thiazole rings is 1. The van der Waals surface area contributed by atoms with Gasteiger partial charge < -0.3 is 31.6 Å². The van der Waals surface area contributed by atoms with Crippen molar-refractivity contribution < 1.29 is 37.3 Å². The summed E-state index contributed by atoms with van der Waals surface area (Å²) >= 11 is 0.982. The van der Waals surface area contributed by atoms with Gasteiger partial charge in [-0.1, -0.05) is 5.16 Å². The van der Waals surface area contributed by atoms with Crippen LogP contribution in [0.1, 0.15) is 26.5 Å². The lowest BCUT2D eigenvalue weighted by Crippen LogP contribution is -2.58. The second-order valence-electron chi connectivity index (χ2n) is 7.85. The second-order valence-corrected chi connectivity index (χ2v) is 10.1. The van der Waals surface area contributed by atoms with Crippen molar-refractivity contribution in [3.8, 4) is 0 Å². The molecule has 0 spiro atoms. The monoisotopic (exact) mass is 534 g/mol. The Balaban J connectivity index is 2.37. The van der Waals surface area contributed by atoms with Crippen LogP contribution in [-0.4, -0.2) is 99.5 Å². The van der Waals surface area contributed by atoms with Crippen molar-refractivity contribution in [1.82, 2.24) is 19.5 Å². The number of rotatable bonds is 12. The third-order valence-corrected chi connectivity index (χ3v) is 6.43. The summed E-state index contributed by atoms with van der Waals surface area (Å²) in [5, 5.41) is 16.8. The van der Waals surface area contributed by atoms with E-state index in [1.54, 1.807) is 0 Å². The van der Waals surface area contributed by atoms with E-state index in [-0.39, 0.29) is 34.0 Å². The molecule has 7 N–H and O–H groups in total. The van der Waals surface area contributed by atoms with Crippen molar-refractivity contribution in [3.05, 3.63) is 11.1 Å². The number of aromatic nitrogens is 1. The fraction of sp³-hybridized carbons (Fsp3) is 0.529. The van der Waals surface area contributed by atoms with E-state index in [0.29, 0.717) is 13.1 Å². The topological polar surface area (TPSA) is 243 Å². The summed E-state index contributed by atoms with van der Waals surface area (Å²) in [5.74, 6) is -2.20. The maximum Gasteiger partial charge on any atom is 0.362 e. The molecular formula is C17H26N8O8S2. The zero-order valence-corrected chi connectivity index (χ0v) is 20.6. The van der Waals surface area contributed by atoms with Gasteiger partial charge in [0.25, 0.3) is 5.91 Å². The van der Waals surface area contributed by atoms with E-state index in [9.17, 15) is 32.5 Å². The third kappa shape index (κ3) is 6.99. The van der Waals surface area contributed by atoms with Gasteiger partial charge in [-0.15, -0.1) is 11.3 Å². The van der Waals surface area contributed by atoms with Crippen molar-refractivity contribution in [1.29, 1.82) is 0 Å². The number of carboxylic acids is 1. The molecule has 0 fully saturated rings. The van der Waals surface area contributed by atoms with Gasteiger partial charge in [-0.2, -0.15) is 8.42 Å². The van der Waals surface area contributed by atoms with Gasteiger partial charge in [-0.25, -0.2) is 14.1 Å². The van der Waals surface area contributed by atoms with Crippen molar-refractivity contribution >= 4 is 56.7 Å². The van der Waals surface area contributed by atoms with E-state index in [0.717, 1.165) is 11.3 Å². The number of nitrogens with zero attached hydrogens (tertiary/aromatic N) is 5. The number of carboxylic acid groups (broad SMARTS) is 1. The number of amides is 2. The lowest BCUT2D eigenvalue weighted by atomic mass is 10.1. The predicted octanol–water partition coefficient (Wildman–Crippen LogP) is -1.93. The van der Waals surface area contributed by atoms with Crippen LogP contribution in [0.3, 0.4) is 0 Å². The average molecular weight is 535 g/mol. The quantitative estimate of drug-likeness (QED) is 0.0852. The predicted molar refractivity (Wildman–Crippen MR) is 125 cm³/mol. The molecule has 2 rings (SSSR count). The lowest BCUT2D eigenvalue weighted by Gasteiger charge is -2.34. The number of hydrogen-bond donors (Lipinski definition) is 5. The Labute approximate surface area is 204 Å². The lowest BCUT2D eigenvalue weighted by molar-refractivity contribution is -0.161. The number of oxime groups is 1. The molecule has 1 aromatic heterocycles. The number of nitrogen functional groups attached to an aromatic ring is 1. The van der Waals surface area contributed by atoms with Gasteiger partial charge in [-0.3, -0.25) is 19.1 Å². The highest BCUT2D eigenvalue weighted by Crippen LogP contribution is 2.16. The van der Waals surface area contributed by atoms with E-state index in [4.69, 9.17) is 16.3 Å². The largest absolute Gasteiger partial charge is 0.478 e. The Kier molecular flexibility index (Phi) is 8.58. The van der Waals surface area contributed by atoms with Gasteiger partial charge in [0.2, 0.25) is 12.0 Å². The number of anilines is 1. The minimum absolute atomic E-state index is 0.0344. The molecule has 2 atom stereocenters.